The molecule has 0 aliphatic carbocycles. The quantitative estimate of drug-likeness (QED) is 0.639. The SMILES string of the molecule is CC[C@@H](NC(=O)CCCN(C)S(=O)(=O)c1ccccc1)c1ccc(OC)c(C)c1. The average molecular weight is 419 g/mol. The second kappa shape index (κ2) is 10.4. The van der Waals surface area contributed by atoms with Gasteiger partial charge in [-0.25, -0.2) is 12.7 Å². The van der Waals surface area contributed by atoms with Gasteiger partial charge >= 0.3 is 0 Å². The van der Waals surface area contributed by atoms with Gasteiger partial charge in [0.2, 0.25) is 15.9 Å². The van der Waals surface area contributed by atoms with Crippen LogP contribution in [0.15, 0.2) is 53.4 Å². The predicted octanol–water partition coefficient (Wildman–Crippen LogP) is 3.67. The van der Waals surface area contributed by atoms with Gasteiger partial charge in [-0.05, 0) is 49.1 Å². The predicted molar refractivity (Wildman–Crippen MR) is 114 cm³/mol. The maximum absolute atomic E-state index is 12.5. The second-order valence-corrected chi connectivity index (χ2v) is 9.05. The van der Waals surface area contributed by atoms with E-state index < -0.39 is 10.0 Å². The average Bonchev–Trinajstić information content (AvgIpc) is 2.72. The summed E-state index contributed by atoms with van der Waals surface area (Å²) in [6.45, 7) is 4.27. The number of rotatable bonds is 10. The van der Waals surface area contributed by atoms with E-state index in [9.17, 15) is 13.2 Å². The van der Waals surface area contributed by atoms with Crippen LogP contribution in [0.25, 0.3) is 0 Å². The summed E-state index contributed by atoms with van der Waals surface area (Å²) in [4.78, 5) is 12.6. The van der Waals surface area contributed by atoms with Crippen molar-refractivity contribution in [1.82, 2.24) is 9.62 Å². The normalized spacial score (nSPS) is 12.6. The van der Waals surface area contributed by atoms with E-state index in [2.05, 4.69) is 5.32 Å². The molecule has 0 aromatic heterocycles. The number of sulfonamides is 1. The lowest BCUT2D eigenvalue weighted by atomic mass is 10.0. The number of carbonyl (C=O) groups excluding carboxylic acids is 1. The zero-order chi connectivity index (χ0) is 21.4. The van der Waals surface area contributed by atoms with Crippen molar-refractivity contribution in [3.8, 4) is 5.75 Å². The monoisotopic (exact) mass is 418 g/mol. The Hall–Kier alpha value is -2.38. The zero-order valence-corrected chi connectivity index (χ0v) is 18.3. The van der Waals surface area contributed by atoms with E-state index in [0.717, 1.165) is 23.3 Å². The molecule has 2 rings (SSSR count). The summed E-state index contributed by atoms with van der Waals surface area (Å²) in [5, 5.41) is 3.04. The molecular formula is C22H30N2O4S. The molecule has 0 aliphatic rings. The van der Waals surface area contributed by atoms with Gasteiger partial charge in [-0.1, -0.05) is 37.3 Å². The molecule has 0 aliphatic heterocycles. The number of ether oxygens (including phenoxy) is 1. The first kappa shape index (κ1) is 22.9. The molecule has 6 nitrogen and oxygen atoms in total. The number of benzene rings is 2. The van der Waals surface area contributed by atoms with Crippen LogP contribution in [-0.2, 0) is 14.8 Å². The summed E-state index contributed by atoms with van der Waals surface area (Å²) in [6.07, 6.45) is 1.48. The molecule has 2 aromatic carbocycles. The van der Waals surface area contributed by atoms with Crippen LogP contribution in [0.1, 0.15) is 43.4 Å². The molecule has 1 N–H and O–H groups in total. The Bertz CT molecular complexity index is 914. The van der Waals surface area contributed by atoms with Crippen molar-refractivity contribution in [1.29, 1.82) is 0 Å². The highest BCUT2D eigenvalue weighted by Crippen LogP contribution is 2.24. The third-order valence-electron chi connectivity index (χ3n) is 4.89. The molecule has 1 amide bonds. The molecule has 7 heteroatoms. The van der Waals surface area contributed by atoms with Gasteiger partial charge < -0.3 is 10.1 Å². The Morgan fingerprint density at radius 3 is 2.45 bits per heavy atom. The number of amides is 1. The summed E-state index contributed by atoms with van der Waals surface area (Å²) >= 11 is 0. The van der Waals surface area contributed by atoms with E-state index in [1.807, 2.05) is 32.0 Å². The first-order valence-corrected chi connectivity index (χ1v) is 11.2. The molecule has 1 atom stereocenters. The van der Waals surface area contributed by atoms with E-state index in [1.54, 1.807) is 37.4 Å². The fourth-order valence-electron chi connectivity index (χ4n) is 3.16. The number of carbonyl (C=O) groups is 1. The van der Waals surface area contributed by atoms with Crippen LogP contribution in [0, 0.1) is 6.92 Å². The van der Waals surface area contributed by atoms with Crippen molar-refractivity contribution in [3.05, 3.63) is 59.7 Å². The van der Waals surface area contributed by atoms with E-state index in [1.165, 1.54) is 11.4 Å². The van der Waals surface area contributed by atoms with Crippen molar-refractivity contribution in [2.24, 2.45) is 0 Å². The Morgan fingerprint density at radius 2 is 1.86 bits per heavy atom. The fraction of sp³-hybridized carbons (Fsp3) is 0.409. The minimum absolute atomic E-state index is 0.0853. The van der Waals surface area contributed by atoms with Crippen molar-refractivity contribution < 1.29 is 17.9 Å². The van der Waals surface area contributed by atoms with Gasteiger partial charge in [0.15, 0.2) is 0 Å². The fourth-order valence-corrected chi connectivity index (χ4v) is 4.39. The lowest BCUT2D eigenvalue weighted by Crippen LogP contribution is -2.31. The molecule has 0 unspecified atom stereocenters. The van der Waals surface area contributed by atoms with Gasteiger partial charge in [0.05, 0.1) is 18.0 Å². The minimum Gasteiger partial charge on any atom is -0.496 e. The maximum atomic E-state index is 12.5. The third-order valence-corrected chi connectivity index (χ3v) is 6.76. The maximum Gasteiger partial charge on any atom is 0.242 e. The van der Waals surface area contributed by atoms with Gasteiger partial charge in [-0.2, -0.15) is 0 Å². The van der Waals surface area contributed by atoms with Crippen LogP contribution in [-0.4, -0.2) is 39.3 Å². The zero-order valence-electron chi connectivity index (χ0n) is 17.5. The number of hydrogen-bond acceptors (Lipinski definition) is 4. The van der Waals surface area contributed by atoms with Crippen LogP contribution < -0.4 is 10.1 Å². The van der Waals surface area contributed by atoms with Crippen molar-refractivity contribution in [2.45, 2.75) is 44.0 Å². The van der Waals surface area contributed by atoms with Gasteiger partial charge in [0, 0.05) is 20.0 Å². The Labute approximate surface area is 173 Å². The largest absolute Gasteiger partial charge is 0.496 e. The van der Waals surface area contributed by atoms with Crippen LogP contribution >= 0.6 is 0 Å². The van der Waals surface area contributed by atoms with Gasteiger partial charge in [-0.3, -0.25) is 4.79 Å². The highest BCUT2D eigenvalue weighted by Gasteiger charge is 2.20. The third kappa shape index (κ3) is 6.05. The number of nitrogens with one attached hydrogen (secondary N) is 1. The minimum atomic E-state index is -3.53. The number of methoxy groups -OCH3 is 1. The summed E-state index contributed by atoms with van der Waals surface area (Å²) in [7, 11) is -0.357. The standard InChI is InChI=1S/C22H30N2O4S/c1-5-20(18-13-14-21(28-4)17(2)16-18)23-22(25)12-9-15-24(3)29(26,27)19-10-7-6-8-11-19/h6-8,10-11,13-14,16,20H,5,9,12,15H2,1-4H3,(H,23,25)/t20-/m1/s1. The number of nitrogens with zero attached hydrogens (tertiary/aromatic N) is 1. The van der Waals surface area contributed by atoms with Crippen LogP contribution in [0.3, 0.4) is 0 Å². The molecule has 0 fully saturated rings. The van der Waals surface area contributed by atoms with Gasteiger partial charge in [-0.15, -0.1) is 0 Å². The highest BCUT2D eigenvalue weighted by atomic mass is 32.2. The summed E-state index contributed by atoms with van der Waals surface area (Å²) in [5.41, 5.74) is 2.05. The van der Waals surface area contributed by atoms with E-state index in [0.29, 0.717) is 6.42 Å². The lowest BCUT2D eigenvalue weighted by Gasteiger charge is -2.20. The number of aryl methyl sites for hydroxylation is 1. The Balaban J connectivity index is 1.89. The number of hydrogen-bond donors (Lipinski definition) is 1. The van der Waals surface area contributed by atoms with E-state index >= 15 is 0 Å². The molecule has 0 saturated carbocycles. The van der Waals surface area contributed by atoms with Crippen LogP contribution in [0.4, 0.5) is 0 Å². The Morgan fingerprint density at radius 1 is 1.17 bits per heavy atom. The van der Waals surface area contributed by atoms with Crippen molar-refractivity contribution >= 4 is 15.9 Å². The molecule has 0 heterocycles. The van der Waals surface area contributed by atoms with Gasteiger partial charge in [0.25, 0.3) is 0 Å². The topological polar surface area (TPSA) is 75.7 Å². The highest BCUT2D eigenvalue weighted by molar-refractivity contribution is 7.89. The Kier molecular flexibility index (Phi) is 8.22. The first-order valence-electron chi connectivity index (χ1n) is 9.74. The summed E-state index contributed by atoms with van der Waals surface area (Å²) in [6, 6.07) is 14.1. The van der Waals surface area contributed by atoms with E-state index in [4.69, 9.17) is 4.74 Å². The molecular weight excluding hydrogens is 388 g/mol. The molecule has 0 saturated heterocycles. The second-order valence-electron chi connectivity index (χ2n) is 7.00. The molecule has 29 heavy (non-hydrogen) atoms. The molecule has 0 bridgehead atoms. The summed E-state index contributed by atoms with van der Waals surface area (Å²) < 4.78 is 31.6. The van der Waals surface area contributed by atoms with Crippen molar-refractivity contribution in [3.63, 3.8) is 0 Å². The molecule has 0 radical (unpaired) electrons. The van der Waals surface area contributed by atoms with Crippen LogP contribution in [0.5, 0.6) is 5.75 Å². The molecule has 2 aromatic rings. The summed E-state index contributed by atoms with van der Waals surface area (Å²) in [5.74, 6) is 0.730. The van der Waals surface area contributed by atoms with Gasteiger partial charge in [0.1, 0.15) is 5.75 Å². The first-order chi connectivity index (χ1) is 13.8. The smallest absolute Gasteiger partial charge is 0.242 e. The van der Waals surface area contributed by atoms with E-state index in [-0.39, 0.29) is 29.8 Å². The van der Waals surface area contributed by atoms with Crippen molar-refractivity contribution in [2.75, 3.05) is 20.7 Å². The van der Waals surface area contributed by atoms with Crippen LogP contribution in [0.2, 0.25) is 0 Å². The lowest BCUT2D eigenvalue weighted by molar-refractivity contribution is -0.122. The molecule has 158 valence electrons. The molecule has 0 spiro atoms.